The number of hydrogen-bond donors (Lipinski definition) is 0. The fourth-order valence-electron chi connectivity index (χ4n) is 3.99. The summed E-state index contributed by atoms with van der Waals surface area (Å²) in [7, 11) is 0. The number of fused-ring (bicyclic) bond motifs is 1. The molecule has 0 amide bonds. The highest BCUT2D eigenvalue weighted by Crippen LogP contribution is 2.52. The van der Waals surface area contributed by atoms with Crippen LogP contribution < -0.4 is 0 Å². The number of benzene rings is 1. The van der Waals surface area contributed by atoms with Gasteiger partial charge < -0.3 is 4.74 Å². The van der Waals surface area contributed by atoms with Crippen molar-refractivity contribution in [1.82, 2.24) is 0 Å². The molecule has 2 nitrogen and oxygen atoms in total. The molecule has 0 aromatic heterocycles. The van der Waals surface area contributed by atoms with Gasteiger partial charge >= 0.3 is 0 Å². The molecule has 1 saturated heterocycles. The molecule has 1 aliphatic heterocycles. The average Bonchev–Trinajstić information content (AvgIpc) is 2.86. The van der Waals surface area contributed by atoms with E-state index < -0.39 is 0 Å². The van der Waals surface area contributed by atoms with Crippen molar-refractivity contribution in [1.29, 1.82) is 0 Å². The van der Waals surface area contributed by atoms with Crippen molar-refractivity contribution in [3.8, 4) is 0 Å². The van der Waals surface area contributed by atoms with Gasteiger partial charge in [0.05, 0.1) is 12.2 Å². The highest BCUT2D eigenvalue weighted by Gasteiger charge is 2.47. The van der Waals surface area contributed by atoms with Gasteiger partial charge in [-0.05, 0) is 48.3 Å². The van der Waals surface area contributed by atoms with Crippen LogP contribution in [0.2, 0.25) is 0 Å². The Labute approximate surface area is 141 Å². The van der Waals surface area contributed by atoms with E-state index in [0.29, 0.717) is 11.8 Å². The van der Waals surface area contributed by atoms with E-state index in [2.05, 4.69) is 48.0 Å². The van der Waals surface area contributed by atoms with Crippen LogP contribution in [-0.4, -0.2) is 12.4 Å². The molecule has 1 aromatic rings. The quantitative estimate of drug-likeness (QED) is 0.697. The van der Waals surface area contributed by atoms with Crippen LogP contribution in [0.5, 0.6) is 0 Å². The second-order valence-corrected chi connectivity index (χ2v) is 7.69. The summed E-state index contributed by atoms with van der Waals surface area (Å²) in [5.74, 6) is 1.27. The Morgan fingerprint density at radius 2 is 2.14 bits per heavy atom. The van der Waals surface area contributed by atoms with Crippen LogP contribution in [-0.2, 0) is 9.53 Å². The minimum atomic E-state index is -0.0129. The summed E-state index contributed by atoms with van der Waals surface area (Å²) in [6.07, 6.45) is 6.58. The molecule has 1 aromatic carbocycles. The van der Waals surface area contributed by atoms with E-state index in [0.717, 1.165) is 35.6 Å². The van der Waals surface area contributed by atoms with Crippen molar-refractivity contribution in [2.75, 3.05) is 0 Å². The van der Waals surface area contributed by atoms with Crippen LogP contribution in [0.1, 0.15) is 44.8 Å². The molecule has 1 heterocycles. The van der Waals surface area contributed by atoms with Gasteiger partial charge in [0.2, 0.25) is 0 Å². The molecule has 0 radical (unpaired) electrons. The van der Waals surface area contributed by atoms with E-state index in [1.807, 2.05) is 12.1 Å². The van der Waals surface area contributed by atoms with Crippen LogP contribution in [0.15, 0.2) is 40.4 Å². The van der Waals surface area contributed by atoms with Crippen LogP contribution >= 0.6 is 15.9 Å². The van der Waals surface area contributed by atoms with Crippen molar-refractivity contribution in [2.45, 2.75) is 45.3 Å². The Balaban J connectivity index is 1.98. The fourth-order valence-corrected chi connectivity index (χ4v) is 4.50. The molecule has 1 fully saturated rings. The largest absolute Gasteiger partial charge is 0.369 e. The molecule has 0 saturated carbocycles. The molecule has 118 valence electrons. The van der Waals surface area contributed by atoms with Crippen molar-refractivity contribution >= 4 is 22.2 Å². The minimum Gasteiger partial charge on any atom is -0.369 e. The molecule has 0 spiro atoms. The van der Waals surface area contributed by atoms with Crippen LogP contribution in [0.3, 0.4) is 0 Å². The van der Waals surface area contributed by atoms with Crippen LogP contribution in [0, 0.1) is 17.8 Å². The second-order valence-electron chi connectivity index (χ2n) is 6.84. The highest BCUT2D eigenvalue weighted by molar-refractivity contribution is 9.10. The topological polar surface area (TPSA) is 26.3 Å². The monoisotopic (exact) mass is 362 g/mol. The number of allylic oxidation sites excluding steroid dienone is 1. The molecule has 0 N–H and O–H groups in total. The van der Waals surface area contributed by atoms with Crippen LogP contribution in [0.25, 0.3) is 0 Å². The normalized spacial score (nSPS) is 31.0. The van der Waals surface area contributed by atoms with E-state index in [9.17, 15) is 4.79 Å². The average molecular weight is 363 g/mol. The zero-order valence-electron chi connectivity index (χ0n) is 13.2. The van der Waals surface area contributed by atoms with Crippen molar-refractivity contribution in [2.24, 2.45) is 17.8 Å². The number of hydrogen-bond acceptors (Lipinski definition) is 2. The van der Waals surface area contributed by atoms with E-state index in [4.69, 9.17) is 4.74 Å². The molecule has 3 heteroatoms. The number of rotatable bonds is 4. The summed E-state index contributed by atoms with van der Waals surface area (Å²) in [5, 5.41) is 0. The maximum atomic E-state index is 11.6. The Bertz CT molecular complexity index is 579. The van der Waals surface area contributed by atoms with Gasteiger partial charge in [-0.1, -0.05) is 54.1 Å². The predicted molar refractivity (Wildman–Crippen MR) is 91.6 cm³/mol. The van der Waals surface area contributed by atoms with E-state index in [1.54, 1.807) is 0 Å². The van der Waals surface area contributed by atoms with Gasteiger partial charge in [0.1, 0.15) is 6.29 Å². The Morgan fingerprint density at radius 3 is 2.82 bits per heavy atom. The first kappa shape index (κ1) is 15.9. The van der Waals surface area contributed by atoms with Gasteiger partial charge in [0.25, 0.3) is 0 Å². The fraction of sp³-hybridized carbons (Fsp3) is 0.526. The van der Waals surface area contributed by atoms with Gasteiger partial charge in [-0.3, -0.25) is 4.79 Å². The number of carbonyl (C=O) groups excluding carboxylic acids is 1. The lowest BCUT2D eigenvalue weighted by Gasteiger charge is -2.28. The van der Waals surface area contributed by atoms with Gasteiger partial charge in [0, 0.05) is 10.4 Å². The third-order valence-electron chi connectivity index (χ3n) is 4.90. The lowest BCUT2D eigenvalue weighted by atomic mass is 9.73. The van der Waals surface area contributed by atoms with Gasteiger partial charge in [0.15, 0.2) is 0 Å². The zero-order valence-corrected chi connectivity index (χ0v) is 14.8. The first-order valence-electron chi connectivity index (χ1n) is 8.17. The van der Waals surface area contributed by atoms with Gasteiger partial charge in [-0.2, -0.15) is 0 Å². The third kappa shape index (κ3) is 2.93. The highest BCUT2D eigenvalue weighted by atomic mass is 79.9. The van der Waals surface area contributed by atoms with E-state index >= 15 is 0 Å². The molecular weight excluding hydrogens is 340 g/mol. The smallest absolute Gasteiger partial charge is 0.146 e. The van der Waals surface area contributed by atoms with Crippen molar-refractivity contribution in [3.63, 3.8) is 0 Å². The van der Waals surface area contributed by atoms with E-state index in [-0.39, 0.29) is 18.1 Å². The van der Waals surface area contributed by atoms with Gasteiger partial charge in [-0.15, -0.1) is 0 Å². The number of ether oxygens (including phenoxy) is 1. The second kappa shape index (κ2) is 6.67. The molecule has 3 rings (SSSR count). The molecule has 4 atom stereocenters. The lowest BCUT2D eigenvalue weighted by molar-refractivity contribution is -0.105. The summed E-state index contributed by atoms with van der Waals surface area (Å²) >= 11 is 3.65. The van der Waals surface area contributed by atoms with Crippen LogP contribution in [0.4, 0.5) is 0 Å². The number of halogens is 1. The Morgan fingerprint density at radius 1 is 1.36 bits per heavy atom. The first-order valence-corrected chi connectivity index (χ1v) is 8.96. The summed E-state index contributed by atoms with van der Waals surface area (Å²) in [4.78, 5) is 11.6. The summed E-state index contributed by atoms with van der Waals surface area (Å²) in [6, 6.07) is 8.22. The first-order chi connectivity index (χ1) is 10.6. The summed E-state index contributed by atoms with van der Waals surface area (Å²) in [6.45, 7) is 4.48. The molecule has 22 heavy (non-hydrogen) atoms. The molecule has 1 aliphatic carbocycles. The zero-order chi connectivity index (χ0) is 15.7. The standard InChI is InChI=1S/C19H23BrO2/c1-12(2)10-17-15-8-5-6-13(11-21)18(15)19(22-17)14-7-3-4-9-16(14)20/h3-4,6-7,9,11-12,15,17-19H,5,8,10H2,1-2H3/t15-,17+,18-,19+/m1/s1. The Kier molecular flexibility index (Phi) is 4.84. The maximum absolute atomic E-state index is 11.6. The molecule has 0 unspecified atom stereocenters. The molecular formula is C19H23BrO2. The summed E-state index contributed by atoms with van der Waals surface area (Å²) < 4.78 is 7.56. The predicted octanol–water partition coefficient (Wildman–Crippen LogP) is 5.09. The number of carbonyl (C=O) groups is 1. The SMILES string of the molecule is CC(C)C[C@@H]1O[C@@H](c2ccccc2Br)[C@@H]2C(C=O)=CCC[C@@H]21. The van der Waals surface area contributed by atoms with Crippen molar-refractivity contribution < 1.29 is 9.53 Å². The molecule has 0 bridgehead atoms. The third-order valence-corrected chi connectivity index (χ3v) is 5.63. The summed E-state index contributed by atoms with van der Waals surface area (Å²) in [5.41, 5.74) is 2.10. The van der Waals surface area contributed by atoms with Crippen molar-refractivity contribution in [3.05, 3.63) is 46.0 Å². The lowest BCUT2D eigenvalue weighted by Crippen LogP contribution is -2.26. The van der Waals surface area contributed by atoms with E-state index in [1.165, 1.54) is 5.56 Å². The van der Waals surface area contributed by atoms with Gasteiger partial charge in [-0.25, -0.2) is 0 Å². The Hall–Kier alpha value is -0.930. The number of aldehydes is 1. The molecule has 2 aliphatic rings. The minimum absolute atomic E-state index is 0.0129. The maximum Gasteiger partial charge on any atom is 0.146 e.